The molecule has 0 saturated heterocycles. The lowest BCUT2D eigenvalue weighted by molar-refractivity contribution is 0.109. The fourth-order valence-electron chi connectivity index (χ4n) is 1.99. The zero-order valence-electron chi connectivity index (χ0n) is 8.69. The van der Waals surface area contributed by atoms with E-state index in [1.54, 1.807) is 0 Å². The SMILES string of the molecule is CC(CC1CC1)C(O)c1ccccc1. The quantitative estimate of drug-likeness (QED) is 0.773. The van der Waals surface area contributed by atoms with E-state index in [0.717, 1.165) is 11.5 Å². The van der Waals surface area contributed by atoms with Gasteiger partial charge < -0.3 is 5.11 Å². The number of benzene rings is 1. The van der Waals surface area contributed by atoms with Gasteiger partial charge in [0, 0.05) is 0 Å². The van der Waals surface area contributed by atoms with Crippen LogP contribution in [0.1, 0.15) is 37.9 Å². The summed E-state index contributed by atoms with van der Waals surface area (Å²) in [6.45, 7) is 2.15. The van der Waals surface area contributed by atoms with Crippen LogP contribution in [0.15, 0.2) is 30.3 Å². The molecule has 0 aromatic heterocycles. The monoisotopic (exact) mass is 190 g/mol. The third-order valence-corrected chi connectivity index (χ3v) is 3.08. The molecule has 1 saturated carbocycles. The molecule has 1 aromatic rings. The van der Waals surface area contributed by atoms with Gasteiger partial charge >= 0.3 is 0 Å². The Hall–Kier alpha value is -0.820. The molecule has 1 N–H and O–H groups in total. The minimum absolute atomic E-state index is 0.281. The van der Waals surface area contributed by atoms with Crippen molar-refractivity contribution in [3.05, 3.63) is 35.9 Å². The van der Waals surface area contributed by atoms with Gasteiger partial charge in [-0.2, -0.15) is 0 Å². The van der Waals surface area contributed by atoms with Gasteiger partial charge in [-0.15, -0.1) is 0 Å². The summed E-state index contributed by atoms with van der Waals surface area (Å²) in [5.74, 6) is 1.29. The predicted octanol–water partition coefficient (Wildman–Crippen LogP) is 3.16. The smallest absolute Gasteiger partial charge is 0.0815 e. The van der Waals surface area contributed by atoms with Crippen LogP contribution in [0, 0.1) is 11.8 Å². The lowest BCUT2D eigenvalue weighted by Crippen LogP contribution is -2.09. The normalized spacial score (nSPS) is 20.4. The Morgan fingerprint density at radius 3 is 2.50 bits per heavy atom. The first-order valence-electron chi connectivity index (χ1n) is 5.50. The van der Waals surface area contributed by atoms with E-state index in [0.29, 0.717) is 5.92 Å². The second-order valence-electron chi connectivity index (χ2n) is 4.51. The fourth-order valence-corrected chi connectivity index (χ4v) is 1.99. The van der Waals surface area contributed by atoms with Crippen molar-refractivity contribution >= 4 is 0 Å². The predicted molar refractivity (Wildman–Crippen MR) is 57.9 cm³/mol. The standard InChI is InChI=1S/C13H18O/c1-10(9-11-7-8-11)13(14)12-5-3-2-4-6-12/h2-6,10-11,13-14H,7-9H2,1H3. The molecule has 1 heteroatoms. The van der Waals surface area contributed by atoms with Crippen LogP contribution in [0.2, 0.25) is 0 Å². The number of aliphatic hydroxyl groups excluding tert-OH is 1. The molecule has 2 rings (SSSR count). The van der Waals surface area contributed by atoms with Crippen LogP contribution in [-0.4, -0.2) is 5.11 Å². The summed E-state index contributed by atoms with van der Waals surface area (Å²) >= 11 is 0. The summed E-state index contributed by atoms with van der Waals surface area (Å²) in [5, 5.41) is 10.1. The summed E-state index contributed by atoms with van der Waals surface area (Å²) in [5.41, 5.74) is 1.06. The molecule has 1 aliphatic carbocycles. The van der Waals surface area contributed by atoms with Crippen molar-refractivity contribution in [3.63, 3.8) is 0 Å². The first kappa shape index (κ1) is 9.72. The Labute approximate surface area is 85.8 Å². The maximum absolute atomic E-state index is 10.1. The highest BCUT2D eigenvalue weighted by Crippen LogP contribution is 2.38. The number of hydrogen-bond acceptors (Lipinski definition) is 1. The molecule has 1 fully saturated rings. The molecule has 1 nitrogen and oxygen atoms in total. The summed E-state index contributed by atoms with van der Waals surface area (Å²) in [4.78, 5) is 0. The van der Waals surface area contributed by atoms with Crippen LogP contribution >= 0.6 is 0 Å². The molecule has 0 heterocycles. The van der Waals surface area contributed by atoms with Crippen LogP contribution in [-0.2, 0) is 0 Å². The number of hydrogen-bond donors (Lipinski definition) is 1. The highest BCUT2D eigenvalue weighted by molar-refractivity contribution is 5.17. The van der Waals surface area contributed by atoms with E-state index in [4.69, 9.17) is 0 Å². The van der Waals surface area contributed by atoms with E-state index < -0.39 is 0 Å². The molecule has 2 unspecified atom stereocenters. The van der Waals surface area contributed by atoms with E-state index in [2.05, 4.69) is 6.92 Å². The third-order valence-electron chi connectivity index (χ3n) is 3.08. The van der Waals surface area contributed by atoms with E-state index >= 15 is 0 Å². The van der Waals surface area contributed by atoms with Crippen molar-refractivity contribution in [2.75, 3.05) is 0 Å². The zero-order valence-corrected chi connectivity index (χ0v) is 8.69. The average Bonchev–Trinajstić information content (AvgIpc) is 3.02. The lowest BCUT2D eigenvalue weighted by atomic mass is 9.93. The van der Waals surface area contributed by atoms with Crippen molar-refractivity contribution in [2.45, 2.75) is 32.3 Å². The maximum atomic E-state index is 10.1. The van der Waals surface area contributed by atoms with Gasteiger partial charge in [-0.05, 0) is 23.8 Å². The molecular weight excluding hydrogens is 172 g/mol. The maximum Gasteiger partial charge on any atom is 0.0815 e. The van der Waals surface area contributed by atoms with Gasteiger partial charge in [0.25, 0.3) is 0 Å². The third kappa shape index (κ3) is 2.36. The molecule has 76 valence electrons. The fraction of sp³-hybridized carbons (Fsp3) is 0.538. The molecule has 1 aromatic carbocycles. The Morgan fingerprint density at radius 1 is 1.29 bits per heavy atom. The molecule has 14 heavy (non-hydrogen) atoms. The molecular formula is C13H18O. The van der Waals surface area contributed by atoms with E-state index in [-0.39, 0.29) is 6.10 Å². The van der Waals surface area contributed by atoms with Crippen molar-refractivity contribution < 1.29 is 5.11 Å². The van der Waals surface area contributed by atoms with Crippen molar-refractivity contribution in [3.8, 4) is 0 Å². The molecule has 0 spiro atoms. The van der Waals surface area contributed by atoms with Crippen molar-refractivity contribution in [2.24, 2.45) is 11.8 Å². The number of aliphatic hydroxyl groups is 1. The van der Waals surface area contributed by atoms with E-state index in [9.17, 15) is 5.11 Å². The number of rotatable bonds is 4. The zero-order chi connectivity index (χ0) is 9.97. The van der Waals surface area contributed by atoms with Crippen molar-refractivity contribution in [1.82, 2.24) is 0 Å². The average molecular weight is 190 g/mol. The molecule has 0 bridgehead atoms. The summed E-state index contributed by atoms with van der Waals surface area (Å²) in [6.07, 6.45) is 3.63. The van der Waals surface area contributed by atoms with Crippen molar-refractivity contribution in [1.29, 1.82) is 0 Å². The topological polar surface area (TPSA) is 20.2 Å². The Kier molecular flexibility index (Phi) is 2.87. The van der Waals surface area contributed by atoms with Gasteiger partial charge in [0.2, 0.25) is 0 Å². The van der Waals surface area contributed by atoms with Crippen LogP contribution in [0.3, 0.4) is 0 Å². The largest absolute Gasteiger partial charge is 0.388 e. The van der Waals surface area contributed by atoms with Crippen LogP contribution in [0.25, 0.3) is 0 Å². The lowest BCUT2D eigenvalue weighted by Gasteiger charge is -2.18. The van der Waals surface area contributed by atoms with Crippen LogP contribution in [0.4, 0.5) is 0 Å². The van der Waals surface area contributed by atoms with Crippen LogP contribution < -0.4 is 0 Å². The first-order chi connectivity index (χ1) is 6.77. The highest BCUT2D eigenvalue weighted by Gasteiger charge is 2.27. The second-order valence-corrected chi connectivity index (χ2v) is 4.51. The Bertz CT molecular complexity index is 277. The second kappa shape index (κ2) is 4.14. The minimum atomic E-state index is -0.281. The van der Waals surface area contributed by atoms with Gasteiger partial charge in [-0.25, -0.2) is 0 Å². The van der Waals surface area contributed by atoms with Gasteiger partial charge in [-0.3, -0.25) is 0 Å². The molecule has 1 aliphatic rings. The van der Waals surface area contributed by atoms with Crippen LogP contribution in [0.5, 0.6) is 0 Å². The van der Waals surface area contributed by atoms with Gasteiger partial charge in [0.1, 0.15) is 0 Å². The van der Waals surface area contributed by atoms with Gasteiger partial charge in [0.15, 0.2) is 0 Å². The van der Waals surface area contributed by atoms with E-state index in [1.165, 1.54) is 19.3 Å². The van der Waals surface area contributed by atoms with Gasteiger partial charge in [0.05, 0.1) is 6.10 Å². The summed E-state index contributed by atoms with van der Waals surface area (Å²) in [7, 11) is 0. The highest BCUT2D eigenvalue weighted by atomic mass is 16.3. The first-order valence-corrected chi connectivity index (χ1v) is 5.50. The molecule has 0 radical (unpaired) electrons. The molecule has 2 atom stereocenters. The Morgan fingerprint density at radius 2 is 1.93 bits per heavy atom. The van der Waals surface area contributed by atoms with Gasteiger partial charge in [-0.1, -0.05) is 50.1 Å². The minimum Gasteiger partial charge on any atom is -0.388 e. The summed E-state index contributed by atoms with van der Waals surface area (Å²) < 4.78 is 0. The van der Waals surface area contributed by atoms with E-state index in [1.807, 2.05) is 30.3 Å². The summed E-state index contributed by atoms with van der Waals surface area (Å²) in [6, 6.07) is 9.98. The Balaban J connectivity index is 1.96. The molecule has 0 amide bonds. The molecule has 0 aliphatic heterocycles.